The first kappa shape index (κ1) is 26.2. The van der Waals surface area contributed by atoms with Gasteiger partial charge in [-0.15, -0.1) is 0 Å². The molecule has 0 bridgehead atoms. The summed E-state index contributed by atoms with van der Waals surface area (Å²) in [6.45, 7) is 4.29. The van der Waals surface area contributed by atoms with Gasteiger partial charge in [0.15, 0.2) is 19.0 Å². The molecule has 2 amide bonds. The number of Topliss-reactive ketones (excluding diaryl/α,β-unsaturated/α-hetero) is 1. The predicted molar refractivity (Wildman–Crippen MR) is 136 cm³/mol. The van der Waals surface area contributed by atoms with E-state index in [1.807, 2.05) is 25.1 Å². The molecule has 2 aromatic rings. The number of ketones is 1. The van der Waals surface area contributed by atoms with Crippen molar-refractivity contribution in [2.45, 2.75) is 33.1 Å². The van der Waals surface area contributed by atoms with E-state index in [-0.39, 0.29) is 55.8 Å². The fourth-order valence-electron chi connectivity index (χ4n) is 4.53. The quantitative estimate of drug-likeness (QED) is 0.379. The van der Waals surface area contributed by atoms with Gasteiger partial charge in [0.2, 0.25) is 5.91 Å². The van der Waals surface area contributed by atoms with E-state index in [1.165, 1.54) is 4.90 Å². The second-order valence-corrected chi connectivity index (χ2v) is 9.09. The number of piperidine rings is 1. The van der Waals surface area contributed by atoms with Gasteiger partial charge in [0.25, 0.3) is 5.91 Å². The highest BCUT2D eigenvalue weighted by atomic mass is 16.5. The van der Waals surface area contributed by atoms with Crippen LogP contribution in [0.2, 0.25) is 0 Å². The summed E-state index contributed by atoms with van der Waals surface area (Å²) >= 11 is 0. The molecular weight excluding hydrogens is 476 g/mol. The zero-order chi connectivity index (χ0) is 26.4. The number of ether oxygens (including phenoxy) is 3. The first-order valence-corrected chi connectivity index (χ1v) is 12.7. The first-order chi connectivity index (χ1) is 17.9. The molecule has 4 rings (SSSR count). The molecule has 0 radical (unpaired) electrons. The number of fused-ring (bicyclic) bond motifs is 1. The van der Waals surface area contributed by atoms with Crippen LogP contribution in [0.25, 0.3) is 0 Å². The largest absolute Gasteiger partial charge is 0.485 e. The summed E-state index contributed by atoms with van der Waals surface area (Å²) in [5.74, 6) is -0.555. The number of carbonyl (C=O) groups excluding carboxylic acids is 4. The minimum Gasteiger partial charge on any atom is -0.485 e. The molecule has 9 heteroatoms. The fraction of sp³-hybridized carbons (Fsp3) is 0.429. The minimum atomic E-state index is -0.378. The Morgan fingerprint density at radius 1 is 1.11 bits per heavy atom. The number of hydrogen-bond acceptors (Lipinski definition) is 7. The van der Waals surface area contributed by atoms with Gasteiger partial charge in [0.05, 0.1) is 18.2 Å². The number of likely N-dealkylation sites (tertiary alicyclic amines) is 1. The fourth-order valence-corrected chi connectivity index (χ4v) is 4.53. The Balaban J connectivity index is 1.45. The molecule has 2 heterocycles. The molecule has 0 aromatic heterocycles. The maximum atomic E-state index is 13.1. The van der Waals surface area contributed by atoms with Crippen LogP contribution in [0.15, 0.2) is 42.5 Å². The lowest BCUT2D eigenvalue weighted by Crippen LogP contribution is -2.49. The second-order valence-electron chi connectivity index (χ2n) is 9.09. The van der Waals surface area contributed by atoms with Gasteiger partial charge in [-0.05, 0) is 62.1 Å². The van der Waals surface area contributed by atoms with E-state index in [2.05, 4.69) is 0 Å². The van der Waals surface area contributed by atoms with Gasteiger partial charge in [-0.3, -0.25) is 24.1 Å². The Morgan fingerprint density at radius 2 is 1.95 bits per heavy atom. The molecule has 0 aliphatic carbocycles. The number of esters is 1. The summed E-state index contributed by atoms with van der Waals surface area (Å²) in [6.07, 6.45) is 2.21. The van der Waals surface area contributed by atoms with Gasteiger partial charge in [-0.2, -0.15) is 0 Å². The maximum Gasteiger partial charge on any atom is 0.310 e. The van der Waals surface area contributed by atoms with Crippen LogP contribution in [0, 0.1) is 5.92 Å². The molecule has 9 nitrogen and oxygen atoms in total. The molecule has 2 aliphatic rings. The van der Waals surface area contributed by atoms with Crippen LogP contribution in [-0.4, -0.2) is 67.9 Å². The summed E-state index contributed by atoms with van der Waals surface area (Å²) < 4.78 is 16.3. The van der Waals surface area contributed by atoms with Crippen molar-refractivity contribution in [1.29, 1.82) is 0 Å². The number of amides is 2. The lowest BCUT2D eigenvalue weighted by atomic mass is 9.98. The van der Waals surface area contributed by atoms with Gasteiger partial charge < -0.3 is 19.1 Å². The van der Waals surface area contributed by atoms with Gasteiger partial charge in [0.1, 0.15) is 18.0 Å². The molecule has 1 saturated heterocycles. The Labute approximate surface area is 216 Å². The molecule has 0 saturated carbocycles. The molecular formula is C28H32N2O7. The minimum absolute atomic E-state index is 0.164. The van der Waals surface area contributed by atoms with E-state index < -0.39 is 0 Å². The highest BCUT2D eigenvalue weighted by Crippen LogP contribution is 2.33. The SMILES string of the molecule is CCOC(=O)C1CCCN(C(=O)CN2C(=O)COc3ccc(C(=O)COc4cccc(CC)c4)cc32)C1. The summed E-state index contributed by atoms with van der Waals surface area (Å²) in [4.78, 5) is 53.9. The van der Waals surface area contributed by atoms with Crippen LogP contribution < -0.4 is 14.4 Å². The standard InChI is InChI=1S/C28H32N2O7/c1-3-19-7-5-9-22(13-19)36-17-24(31)20-10-11-25-23(14-20)30(27(33)18-37-25)16-26(32)29-12-6-8-21(15-29)28(34)35-4-2/h5,7,9-11,13-14,21H,3-4,6,8,12,15-18H2,1-2H3. The Kier molecular flexibility index (Phi) is 8.43. The topological polar surface area (TPSA) is 102 Å². The molecule has 0 spiro atoms. The molecule has 1 atom stereocenters. The number of rotatable bonds is 9. The summed E-state index contributed by atoms with van der Waals surface area (Å²) in [5.41, 5.74) is 1.82. The van der Waals surface area contributed by atoms with E-state index in [0.29, 0.717) is 48.7 Å². The highest BCUT2D eigenvalue weighted by Gasteiger charge is 2.33. The Morgan fingerprint density at radius 3 is 2.73 bits per heavy atom. The van der Waals surface area contributed by atoms with E-state index in [0.717, 1.165) is 12.0 Å². The molecule has 1 fully saturated rings. The van der Waals surface area contributed by atoms with E-state index >= 15 is 0 Å². The van der Waals surface area contributed by atoms with Crippen molar-refractivity contribution in [1.82, 2.24) is 4.90 Å². The number of carbonyl (C=O) groups is 4. The third kappa shape index (κ3) is 6.28. The molecule has 196 valence electrons. The highest BCUT2D eigenvalue weighted by molar-refractivity contribution is 6.04. The van der Waals surface area contributed by atoms with Crippen molar-refractivity contribution in [3.05, 3.63) is 53.6 Å². The smallest absolute Gasteiger partial charge is 0.310 e. The lowest BCUT2D eigenvalue weighted by Gasteiger charge is -2.34. The van der Waals surface area contributed by atoms with Gasteiger partial charge in [0, 0.05) is 18.7 Å². The van der Waals surface area contributed by atoms with Crippen LogP contribution >= 0.6 is 0 Å². The molecule has 2 aliphatic heterocycles. The van der Waals surface area contributed by atoms with Crippen LogP contribution in [0.5, 0.6) is 11.5 Å². The molecule has 2 aromatic carbocycles. The van der Waals surface area contributed by atoms with Crippen LogP contribution in [-0.2, 0) is 25.5 Å². The number of hydrogen-bond donors (Lipinski definition) is 0. The molecule has 37 heavy (non-hydrogen) atoms. The molecule has 0 N–H and O–H groups in total. The van der Waals surface area contributed by atoms with E-state index in [9.17, 15) is 19.2 Å². The van der Waals surface area contributed by atoms with Crippen molar-refractivity contribution in [3.63, 3.8) is 0 Å². The van der Waals surface area contributed by atoms with Crippen molar-refractivity contribution in [2.24, 2.45) is 5.92 Å². The van der Waals surface area contributed by atoms with E-state index in [1.54, 1.807) is 36.1 Å². The number of benzene rings is 2. The normalized spacial score (nSPS) is 17.0. The number of aryl methyl sites for hydroxylation is 1. The Bertz CT molecular complexity index is 1180. The third-order valence-electron chi connectivity index (χ3n) is 6.59. The maximum absolute atomic E-state index is 13.1. The number of nitrogens with zero attached hydrogens (tertiary/aromatic N) is 2. The first-order valence-electron chi connectivity index (χ1n) is 12.7. The van der Waals surface area contributed by atoms with Gasteiger partial charge >= 0.3 is 5.97 Å². The van der Waals surface area contributed by atoms with Crippen molar-refractivity contribution >= 4 is 29.3 Å². The van der Waals surface area contributed by atoms with E-state index in [4.69, 9.17) is 14.2 Å². The van der Waals surface area contributed by atoms with Crippen LogP contribution in [0.4, 0.5) is 5.69 Å². The molecule has 1 unspecified atom stereocenters. The predicted octanol–water partition coefficient (Wildman–Crippen LogP) is 3.04. The van der Waals surface area contributed by atoms with Gasteiger partial charge in [-0.25, -0.2) is 0 Å². The average Bonchev–Trinajstić information content (AvgIpc) is 2.93. The van der Waals surface area contributed by atoms with Crippen LogP contribution in [0.3, 0.4) is 0 Å². The zero-order valence-corrected chi connectivity index (χ0v) is 21.2. The second kappa shape index (κ2) is 11.9. The summed E-state index contributed by atoms with van der Waals surface area (Å²) in [5, 5.41) is 0. The Hall–Kier alpha value is -3.88. The van der Waals surface area contributed by atoms with Crippen molar-refractivity contribution < 1.29 is 33.4 Å². The van der Waals surface area contributed by atoms with Crippen molar-refractivity contribution in [2.75, 3.05) is 44.4 Å². The van der Waals surface area contributed by atoms with Crippen molar-refractivity contribution in [3.8, 4) is 11.5 Å². The third-order valence-corrected chi connectivity index (χ3v) is 6.59. The summed E-state index contributed by atoms with van der Waals surface area (Å²) in [7, 11) is 0. The van der Waals surface area contributed by atoms with Crippen LogP contribution in [0.1, 0.15) is 42.6 Å². The average molecular weight is 509 g/mol. The summed E-state index contributed by atoms with van der Waals surface area (Å²) in [6, 6.07) is 12.4. The zero-order valence-electron chi connectivity index (χ0n) is 21.2. The monoisotopic (exact) mass is 508 g/mol. The lowest BCUT2D eigenvalue weighted by molar-refractivity contribution is -0.151. The van der Waals surface area contributed by atoms with Gasteiger partial charge in [-0.1, -0.05) is 19.1 Å². The number of anilines is 1.